The van der Waals surface area contributed by atoms with E-state index in [1.165, 1.54) is 5.56 Å². The highest BCUT2D eigenvalue weighted by molar-refractivity contribution is 5.95. The summed E-state index contributed by atoms with van der Waals surface area (Å²) in [5.41, 5.74) is 5.45. The van der Waals surface area contributed by atoms with Gasteiger partial charge in [0.25, 0.3) is 5.91 Å². The molecule has 3 aromatic rings. The fraction of sp³-hybridized carbons (Fsp3) is 0.370. The third-order valence-corrected chi connectivity index (χ3v) is 6.58. The number of carbonyl (C=O) groups excluding carboxylic acids is 2. The number of hydroxylamine groups is 1. The molecule has 2 heterocycles. The lowest BCUT2D eigenvalue weighted by atomic mass is 9.90. The first-order chi connectivity index (χ1) is 16.5. The molecule has 34 heavy (non-hydrogen) atoms. The molecule has 2 atom stereocenters. The maximum atomic E-state index is 13.2. The van der Waals surface area contributed by atoms with Crippen molar-refractivity contribution in [2.24, 2.45) is 5.92 Å². The van der Waals surface area contributed by atoms with Crippen molar-refractivity contribution >= 4 is 22.7 Å². The molecule has 2 amide bonds. The van der Waals surface area contributed by atoms with Crippen LogP contribution >= 0.6 is 0 Å². The van der Waals surface area contributed by atoms with Gasteiger partial charge in [-0.15, -0.1) is 0 Å². The number of para-hydroxylation sites is 1. The standard InChI is InChI=1S/C27H31N3O4/c1-18-17-21(23-7-3-4-8-24(23)28-18)14-16-34-22-12-10-20(11-13-22)27(32)30-15-6-5-9-25(30)19(2)26(31)29-33/h3-4,7-8,10-13,17,19,25,33H,5-6,9,14-16H2,1-2H3,(H,29,31). The van der Waals surface area contributed by atoms with Crippen LogP contribution in [0.1, 0.15) is 47.8 Å². The number of pyridine rings is 1. The number of hydrogen-bond donors (Lipinski definition) is 2. The number of carbonyl (C=O) groups is 2. The summed E-state index contributed by atoms with van der Waals surface area (Å²) in [5.74, 6) is -0.349. The van der Waals surface area contributed by atoms with Gasteiger partial charge in [0.1, 0.15) is 5.75 Å². The number of rotatable bonds is 7. The summed E-state index contributed by atoms with van der Waals surface area (Å²) in [6.45, 7) is 4.86. The van der Waals surface area contributed by atoms with Gasteiger partial charge in [-0.3, -0.25) is 19.8 Å². The first-order valence-electron chi connectivity index (χ1n) is 11.8. The fourth-order valence-electron chi connectivity index (χ4n) is 4.75. The van der Waals surface area contributed by atoms with Gasteiger partial charge in [0, 0.05) is 35.7 Å². The first kappa shape index (κ1) is 23.7. The summed E-state index contributed by atoms with van der Waals surface area (Å²) in [7, 11) is 0. The van der Waals surface area contributed by atoms with Crippen molar-refractivity contribution in [1.82, 2.24) is 15.4 Å². The van der Waals surface area contributed by atoms with Crippen molar-refractivity contribution in [3.8, 4) is 5.75 Å². The van der Waals surface area contributed by atoms with Crippen LogP contribution in [0.5, 0.6) is 5.75 Å². The highest BCUT2D eigenvalue weighted by Gasteiger charge is 2.34. The molecule has 1 aliphatic rings. The third kappa shape index (κ3) is 5.20. The minimum absolute atomic E-state index is 0.104. The molecule has 7 nitrogen and oxygen atoms in total. The Morgan fingerprint density at radius 2 is 1.94 bits per heavy atom. The molecule has 0 spiro atoms. The summed E-state index contributed by atoms with van der Waals surface area (Å²) in [4.78, 5) is 31.5. The van der Waals surface area contributed by atoms with Crippen LogP contribution in [0.25, 0.3) is 10.9 Å². The van der Waals surface area contributed by atoms with Crippen LogP contribution in [0.3, 0.4) is 0 Å². The number of aryl methyl sites for hydroxylation is 1. The second-order valence-electron chi connectivity index (χ2n) is 8.89. The number of ether oxygens (including phenoxy) is 1. The maximum absolute atomic E-state index is 13.2. The van der Waals surface area contributed by atoms with Gasteiger partial charge in [0.05, 0.1) is 18.0 Å². The molecule has 178 valence electrons. The van der Waals surface area contributed by atoms with E-state index < -0.39 is 11.8 Å². The highest BCUT2D eigenvalue weighted by atomic mass is 16.5. The molecule has 1 aliphatic heterocycles. The minimum Gasteiger partial charge on any atom is -0.493 e. The highest BCUT2D eigenvalue weighted by Crippen LogP contribution is 2.26. The van der Waals surface area contributed by atoms with Crippen LogP contribution < -0.4 is 10.2 Å². The van der Waals surface area contributed by atoms with Gasteiger partial charge < -0.3 is 9.64 Å². The molecular formula is C27H31N3O4. The molecule has 0 saturated carbocycles. The van der Waals surface area contributed by atoms with E-state index in [-0.39, 0.29) is 11.9 Å². The van der Waals surface area contributed by atoms with Crippen molar-refractivity contribution in [3.05, 3.63) is 71.4 Å². The minimum atomic E-state index is -0.482. The number of nitrogens with zero attached hydrogens (tertiary/aromatic N) is 2. The SMILES string of the molecule is Cc1cc(CCOc2ccc(C(=O)N3CCCCC3C(C)C(=O)NO)cc2)c2ccccc2n1. The molecule has 1 aromatic heterocycles. The average molecular weight is 462 g/mol. The number of benzene rings is 2. The largest absolute Gasteiger partial charge is 0.493 e. The Kier molecular flexibility index (Phi) is 7.43. The third-order valence-electron chi connectivity index (χ3n) is 6.58. The van der Waals surface area contributed by atoms with Crippen molar-refractivity contribution in [2.45, 2.75) is 45.6 Å². The Labute approximate surface area is 199 Å². The predicted octanol–water partition coefficient (Wildman–Crippen LogP) is 4.30. The van der Waals surface area contributed by atoms with Gasteiger partial charge in [-0.1, -0.05) is 25.1 Å². The number of likely N-dealkylation sites (tertiary alicyclic amines) is 1. The molecule has 2 unspecified atom stereocenters. The van der Waals surface area contributed by atoms with Crippen LogP contribution in [0.4, 0.5) is 0 Å². The van der Waals surface area contributed by atoms with Gasteiger partial charge in [-0.05, 0) is 68.1 Å². The summed E-state index contributed by atoms with van der Waals surface area (Å²) < 4.78 is 5.96. The van der Waals surface area contributed by atoms with Crippen LogP contribution in [-0.2, 0) is 11.2 Å². The molecule has 2 N–H and O–H groups in total. The van der Waals surface area contributed by atoms with Gasteiger partial charge in [-0.2, -0.15) is 0 Å². The van der Waals surface area contributed by atoms with Gasteiger partial charge in [0.2, 0.25) is 5.91 Å². The average Bonchev–Trinajstić information content (AvgIpc) is 2.87. The topological polar surface area (TPSA) is 91.8 Å². The van der Waals surface area contributed by atoms with E-state index in [2.05, 4.69) is 17.1 Å². The van der Waals surface area contributed by atoms with Gasteiger partial charge in [0.15, 0.2) is 0 Å². The predicted molar refractivity (Wildman–Crippen MR) is 130 cm³/mol. The summed E-state index contributed by atoms with van der Waals surface area (Å²) in [5, 5.41) is 10.1. The van der Waals surface area contributed by atoms with E-state index in [0.717, 1.165) is 42.3 Å². The molecular weight excluding hydrogens is 430 g/mol. The zero-order valence-corrected chi connectivity index (χ0v) is 19.7. The molecule has 0 radical (unpaired) electrons. The van der Waals surface area contributed by atoms with E-state index >= 15 is 0 Å². The smallest absolute Gasteiger partial charge is 0.254 e. The first-order valence-corrected chi connectivity index (χ1v) is 11.8. The van der Waals surface area contributed by atoms with Crippen molar-refractivity contribution < 1.29 is 19.5 Å². The number of nitrogens with one attached hydrogen (secondary N) is 1. The van der Waals surface area contributed by atoms with Crippen LogP contribution in [0, 0.1) is 12.8 Å². The van der Waals surface area contributed by atoms with E-state index in [9.17, 15) is 9.59 Å². The quantitative estimate of drug-likeness (QED) is 0.404. The Bertz CT molecular complexity index is 1160. The summed E-state index contributed by atoms with van der Waals surface area (Å²) in [6.07, 6.45) is 3.35. The Hall–Kier alpha value is -3.45. The monoisotopic (exact) mass is 461 g/mol. The van der Waals surface area contributed by atoms with E-state index in [0.29, 0.717) is 24.5 Å². The van der Waals surface area contributed by atoms with Crippen LogP contribution in [-0.4, -0.2) is 46.1 Å². The number of aromatic nitrogens is 1. The zero-order chi connectivity index (χ0) is 24.1. The van der Waals surface area contributed by atoms with Crippen LogP contribution in [0.15, 0.2) is 54.6 Å². The second-order valence-corrected chi connectivity index (χ2v) is 8.89. The van der Waals surface area contributed by atoms with Crippen molar-refractivity contribution in [1.29, 1.82) is 0 Å². The fourth-order valence-corrected chi connectivity index (χ4v) is 4.75. The van der Waals surface area contributed by atoms with E-state index in [4.69, 9.17) is 9.94 Å². The van der Waals surface area contributed by atoms with E-state index in [1.807, 2.05) is 37.3 Å². The number of fused-ring (bicyclic) bond motifs is 1. The van der Waals surface area contributed by atoms with E-state index in [1.54, 1.807) is 29.4 Å². The lowest BCUT2D eigenvalue weighted by molar-refractivity contribution is -0.135. The van der Waals surface area contributed by atoms with Crippen molar-refractivity contribution in [3.63, 3.8) is 0 Å². The maximum Gasteiger partial charge on any atom is 0.254 e. The normalized spacial score (nSPS) is 16.8. The molecule has 0 aliphatic carbocycles. The Morgan fingerprint density at radius 3 is 2.71 bits per heavy atom. The molecule has 1 fully saturated rings. The lowest BCUT2D eigenvalue weighted by Gasteiger charge is -2.38. The van der Waals surface area contributed by atoms with Crippen molar-refractivity contribution in [2.75, 3.05) is 13.2 Å². The number of piperidine rings is 1. The lowest BCUT2D eigenvalue weighted by Crippen LogP contribution is -2.50. The summed E-state index contributed by atoms with van der Waals surface area (Å²) in [6, 6.07) is 17.1. The summed E-state index contributed by atoms with van der Waals surface area (Å²) >= 11 is 0. The molecule has 4 rings (SSSR count). The molecule has 1 saturated heterocycles. The number of hydrogen-bond acceptors (Lipinski definition) is 5. The zero-order valence-electron chi connectivity index (χ0n) is 19.7. The second kappa shape index (κ2) is 10.7. The Balaban J connectivity index is 1.39. The molecule has 0 bridgehead atoms. The number of amides is 2. The van der Waals surface area contributed by atoms with Gasteiger partial charge in [-0.25, -0.2) is 5.48 Å². The molecule has 2 aromatic carbocycles. The van der Waals surface area contributed by atoms with Gasteiger partial charge >= 0.3 is 0 Å². The molecule has 7 heteroatoms. The Morgan fingerprint density at radius 1 is 1.18 bits per heavy atom. The van der Waals surface area contributed by atoms with Crippen LogP contribution in [0.2, 0.25) is 0 Å².